The van der Waals surface area contributed by atoms with Crippen LogP contribution in [0, 0.1) is 0 Å². The summed E-state index contributed by atoms with van der Waals surface area (Å²) in [5.41, 5.74) is -0.704. The van der Waals surface area contributed by atoms with E-state index in [0.717, 1.165) is 31.4 Å². The maximum atomic E-state index is 13.5. The molecular formula is C23H31N5O4. The van der Waals surface area contributed by atoms with Crippen LogP contribution in [0.2, 0.25) is 0 Å². The van der Waals surface area contributed by atoms with Crippen LogP contribution in [0.3, 0.4) is 0 Å². The Kier molecular flexibility index (Phi) is 6.34. The summed E-state index contributed by atoms with van der Waals surface area (Å²) in [6, 6.07) is 3.80. The highest BCUT2D eigenvalue weighted by molar-refractivity contribution is 6.07. The molecule has 2 aliphatic rings. The topological polar surface area (TPSA) is 109 Å². The third kappa shape index (κ3) is 4.16. The second-order valence-electron chi connectivity index (χ2n) is 8.84. The smallest absolute Gasteiger partial charge is 0.273 e. The van der Waals surface area contributed by atoms with Crippen LogP contribution < -0.4 is 10.6 Å². The molecular weight excluding hydrogens is 410 g/mol. The number of furan rings is 1. The molecule has 2 aromatic heterocycles. The maximum absolute atomic E-state index is 13.5. The average molecular weight is 442 g/mol. The number of hydrogen-bond acceptors (Lipinski definition) is 5. The first kappa shape index (κ1) is 22.1. The molecule has 32 heavy (non-hydrogen) atoms. The zero-order chi connectivity index (χ0) is 22.7. The Bertz CT molecular complexity index is 977. The standard InChI is InChI=1S/C23H31N5O4/c1-3-12-28-21(30)19-18(20(29)24-11-10-17-9-6-13-32-17)25-15-27(19)14-23(28,2)22(31)26-16-7-4-5-8-16/h6,9,13,15-16H,3-5,7-8,10-12,14H2,1-2H3,(H,24,29)(H,26,31)/t23-/m1/s1. The molecule has 172 valence electrons. The summed E-state index contributed by atoms with van der Waals surface area (Å²) in [4.78, 5) is 45.4. The Balaban J connectivity index is 1.53. The van der Waals surface area contributed by atoms with Gasteiger partial charge in [-0.05, 0) is 38.3 Å². The molecule has 0 saturated heterocycles. The molecule has 1 aliphatic heterocycles. The lowest BCUT2D eigenvalue weighted by Crippen LogP contribution is -2.65. The number of amides is 3. The molecule has 3 amide bonds. The van der Waals surface area contributed by atoms with Crippen LogP contribution in [0.4, 0.5) is 0 Å². The lowest BCUT2D eigenvalue weighted by molar-refractivity contribution is -0.133. The molecule has 1 saturated carbocycles. The predicted octanol–water partition coefficient (Wildman–Crippen LogP) is 2.13. The lowest BCUT2D eigenvalue weighted by atomic mass is 9.93. The summed E-state index contributed by atoms with van der Waals surface area (Å²) < 4.78 is 6.92. The zero-order valence-corrected chi connectivity index (χ0v) is 18.7. The first-order valence-electron chi connectivity index (χ1n) is 11.4. The first-order chi connectivity index (χ1) is 15.4. The van der Waals surface area contributed by atoms with Crippen LogP contribution in [0.5, 0.6) is 0 Å². The zero-order valence-electron chi connectivity index (χ0n) is 18.7. The normalized spacial score (nSPS) is 20.9. The number of imidazole rings is 1. The molecule has 1 atom stereocenters. The summed E-state index contributed by atoms with van der Waals surface area (Å²) in [6.07, 6.45) is 8.50. The van der Waals surface area contributed by atoms with Gasteiger partial charge in [-0.1, -0.05) is 19.8 Å². The number of aromatic nitrogens is 2. The van der Waals surface area contributed by atoms with Gasteiger partial charge < -0.3 is 24.5 Å². The maximum Gasteiger partial charge on any atom is 0.273 e. The van der Waals surface area contributed by atoms with Crippen LogP contribution in [-0.4, -0.2) is 56.8 Å². The van der Waals surface area contributed by atoms with Crippen molar-refractivity contribution in [3.63, 3.8) is 0 Å². The molecule has 4 rings (SSSR count). The van der Waals surface area contributed by atoms with Gasteiger partial charge in [0.05, 0.1) is 19.1 Å². The van der Waals surface area contributed by atoms with Gasteiger partial charge in [-0.15, -0.1) is 0 Å². The Labute approximate surface area is 187 Å². The second-order valence-corrected chi connectivity index (χ2v) is 8.84. The molecule has 2 N–H and O–H groups in total. The number of rotatable bonds is 8. The average Bonchev–Trinajstić information content (AvgIpc) is 3.53. The van der Waals surface area contributed by atoms with Crippen LogP contribution in [0.1, 0.15) is 72.7 Å². The fourth-order valence-electron chi connectivity index (χ4n) is 4.68. The molecule has 9 nitrogen and oxygen atoms in total. The van der Waals surface area contributed by atoms with Gasteiger partial charge in [0.1, 0.15) is 17.0 Å². The third-order valence-electron chi connectivity index (χ3n) is 6.44. The minimum atomic E-state index is -1.03. The number of carbonyl (C=O) groups excluding carboxylic acids is 3. The monoisotopic (exact) mass is 441 g/mol. The van der Waals surface area contributed by atoms with Crippen molar-refractivity contribution in [2.45, 2.75) is 70.5 Å². The molecule has 1 aliphatic carbocycles. The minimum Gasteiger partial charge on any atom is -0.469 e. The van der Waals surface area contributed by atoms with Crippen molar-refractivity contribution >= 4 is 17.7 Å². The van der Waals surface area contributed by atoms with Crippen molar-refractivity contribution in [3.05, 3.63) is 41.9 Å². The summed E-state index contributed by atoms with van der Waals surface area (Å²) >= 11 is 0. The molecule has 9 heteroatoms. The third-order valence-corrected chi connectivity index (χ3v) is 6.44. The Morgan fingerprint density at radius 1 is 1.31 bits per heavy atom. The van der Waals surface area contributed by atoms with Gasteiger partial charge in [0.2, 0.25) is 5.91 Å². The Hall–Kier alpha value is -3.10. The van der Waals surface area contributed by atoms with E-state index in [9.17, 15) is 14.4 Å². The van der Waals surface area contributed by atoms with E-state index >= 15 is 0 Å². The molecule has 2 aromatic rings. The van der Waals surface area contributed by atoms with Gasteiger partial charge in [-0.2, -0.15) is 0 Å². The number of nitrogens with zero attached hydrogens (tertiary/aromatic N) is 3. The van der Waals surface area contributed by atoms with Crippen molar-refractivity contribution < 1.29 is 18.8 Å². The molecule has 3 heterocycles. The van der Waals surface area contributed by atoms with E-state index in [0.29, 0.717) is 25.9 Å². The van der Waals surface area contributed by atoms with Gasteiger partial charge in [0.15, 0.2) is 5.69 Å². The van der Waals surface area contributed by atoms with E-state index in [-0.39, 0.29) is 35.8 Å². The lowest BCUT2D eigenvalue weighted by Gasteiger charge is -2.44. The SMILES string of the molecule is CCCN1C(=O)c2c(C(=O)NCCc3ccco3)ncn2C[C@]1(C)C(=O)NC1CCCC1. The number of hydrogen-bond donors (Lipinski definition) is 2. The molecule has 0 spiro atoms. The van der Waals surface area contributed by atoms with Crippen molar-refractivity contribution in [2.75, 3.05) is 13.1 Å². The van der Waals surface area contributed by atoms with Crippen molar-refractivity contribution in [1.29, 1.82) is 0 Å². The minimum absolute atomic E-state index is 0.0915. The highest BCUT2D eigenvalue weighted by Crippen LogP contribution is 2.30. The molecule has 0 aromatic carbocycles. The largest absolute Gasteiger partial charge is 0.469 e. The van der Waals surface area contributed by atoms with Crippen molar-refractivity contribution in [3.8, 4) is 0 Å². The highest BCUT2D eigenvalue weighted by Gasteiger charge is 2.48. The fraction of sp³-hybridized carbons (Fsp3) is 0.565. The Morgan fingerprint density at radius 2 is 2.09 bits per heavy atom. The molecule has 0 radical (unpaired) electrons. The van der Waals surface area contributed by atoms with Gasteiger partial charge in [-0.25, -0.2) is 4.98 Å². The summed E-state index contributed by atoms with van der Waals surface area (Å²) in [5, 5.41) is 5.95. The van der Waals surface area contributed by atoms with Gasteiger partial charge in [0, 0.05) is 25.6 Å². The molecule has 0 bridgehead atoms. The number of nitrogens with one attached hydrogen (secondary N) is 2. The molecule has 1 fully saturated rings. The van der Waals surface area contributed by atoms with Crippen molar-refractivity contribution in [1.82, 2.24) is 25.1 Å². The van der Waals surface area contributed by atoms with Crippen LogP contribution >= 0.6 is 0 Å². The van der Waals surface area contributed by atoms with Crippen LogP contribution in [0.15, 0.2) is 29.1 Å². The first-order valence-corrected chi connectivity index (χ1v) is 11.4. The van der Waals surface area contributed by atoms with Gasteiger partial charge in [0.25, 0.3) is 11.8 Å². The number of fused-ring (bicyclic) bond motifs is 1. The van der Waals surface area contributed by atoms with E-state index in [1.165, 1.54) is 6.33 Å². The molecule has 0 unspecified atom stereocenters. The van der Waals surface area contributed by atoms with E-state index in [4.69, 9.17) is 4.42 Å². The van der Waals surface area contributed by atoms with Crippen LogP contribution in [-0.2, 0) is 17.8 Å². The van der Waals surface area contributed by atoms with E-state index in [1.807, 2.05) is 13.0 Å². The summed E-state index contributed by atoms with van der Waals surface area (Å²) in [6.45, 7) is 4.83. The number of carbonyl (C=O) groups is 3. The Morgan fingerprint density at radius 3 is 2.78 bits per heavy atom. The van der Waals surface area contributed by atoms with E-state index in [2.05, 4.69) is 15.6 Å². The fourth-order valence-corrected chi connectivity index (χ4v) is 4.68. The van der Waals surface area contributed by atoms with E-state index in [1.54, 1.807) is 28.7 Å². The van der Waals surface area contributed by atoms with Crippen LogP contribution in [0.25, 0.3) is 0 Å². The highest BCUT2D eigenvalue weighted by atomic mass is 16.3. The quantitative estimate of drug-likeness (QED) is 0.652. The predicted molar refractivity (Wildman–Crippen MR) is 117 cm³/mol. The summed E-state index contributed by atoms with van der Waals surface area (Å²) in [5.74, 6) is -0.119. The van der Waals surface area contributed by atoms with E-state index < -0.39 is 11.4 Å². The van der Waals surface area contributed by atoms with Crippen molar-refractivity contribution in [2.24, 2.45) is 0 Å². The summed E-state index contributed by atoms with van der Waals surface area (Å²) in [7, 11) is 0. The second kappa shape index (κ2) is 9.18. The van der Waals surface area contributed by atoms with Gasteiger partial charge >= 0.3 is 0 Å². The van der Waals surface area contributed by atoms with Gasteiger partial charge in [-0.3, -0.25) is 14.4 Å².